The van der Waals surface area contributed by atoms with E-state index in [-0.39, 0.29) is 5.91 Å². The molecule has 106 valence electrons. The van der Waals surface area contributed by atoms with E-state index < -0.39 is 6.10 Å². The minimum atomic E-state index is -0.417. The van der Waals surface area contributed by atoms with Crippen LogP contribution in [-0.2, 0) is 4.79 Å². The molecule has 1 unspecified atom stereocenters. The quantitative estimate of drug-likeness (QED) is 0.855. The van der Waals surface area contributed by atoms with Crippen molar-refractivity contribution >= 4 is 5.91 Å². The van der Waals surface area contributed by atoms with E-state index in [2.05, 4.69) is 19.2 Å². The summed E-state index contributed by atoms with van der Waals surface area (Å²) in [7, 11) is 0. The van der Waals surface area contributed by atoms with Crippen LogP contribution in [0.4, 0.5) is 0 Å². The monoisotopic (exact) mass is 263 g/mol. The van der Waals surface area contributed by atoms with Crippen molar-refractivity contribution in [3.63, 3.8) is 0 Å². The molecule has 1 aromatic carbocycles. The highest BCUT2D eigenvalue weighted by atomic mass is 16.5. The number of nitrogens with one attached hydrogen (secondary N) is 1. The van der Waals surface area contributed by atoms with E-state index >= 15 is 0 Å². The van der Waals surface area contributed by atoms with Gasteiger partial charge in [0.15, 0.2) is 6.10 Å². The third kappa shape index (κ3) is 4.58. The molecule has 0 aliphatic heterocycles. The zero-order valence-corrected chi connectivity index (χ0v) is 12.6. The average Bonchev–Trinajstić information content (AvgIpc) is 2.37. The van der Waals surface area contributed by atoms with E-state index in [1.54, 1.807) is 0 Å². The van der Waals surface area contributed by atoms with Crippen molar-refractivity contribution in [2.45, 2.75) is 47.1 Å². The Bertz CT molecular complexity index is 427. The van der Waals surface area contributed by atoms with Crippen molar-refractivity contribution in [3.8, 4) is 5.75 Å². The molecule has 19 heavy (non-hydrogen) atoms. The maximum Gasteiger partial charge on any atom is 0.261 e. The zero-order valence-electron chi connectivity index (χ0n) is 12.6. The first-order chi connectivity index (χ1) is 8.95. The highest BCUT2D eigenvalue weighted by Gasteiger charge is 2.19. The molecule has 0 radical (unpaired) electrons. The number of amides is 1. The van der Waals surface area contributed by atoms with E-state index in [1.165, 1.54) is 5.56 Å². The molecule has 3 nitrogen and oxygen atoms in total. The third-order valence-corrected chi connectivity index (χ3v) is 3.17. The Hall–Kier alpha value is -1.51. The largest absolute Gasteiger partial charge is 0.480 e. The summed E-state index contributed by atoms with van der Waals surface area (Å²) in [6.07, 6.45) is 0.247. The van der Waals surface area contributed by atoms with Crippen LogP contribution < -0.4 is 10.1 Å². The highest BCUT2D eigenvalue weighted by Crippen LogP contribution is 2.22. The zero-order chi connectivity index (χ0) is 14.4. The molecule has 0 saturated carbocycles. The summed E-state index contributed by atoms with van der Waals surface area (Å²) >= 11 is 0. The lowest BCUT2D eigenvalue weighted by molar-refractivity contribution is -0.128. The van der Waals surface area contributed by atoms with Gasteiger partial charge in [-0.1, -0.05) is 32.9 Å². The fraction of sp³-hybridized carbons (Fsp3) is 0.562. The maximum atomic E-state index is 12.0. The van der Waals surface area contributed by atoms with Crippen molar-refractivity contribution in [2.24, 2.45) is 5.92 Å². The second-order valence-electron chi connectivity index (χ2n) is 5.35. The van der Waals surface area contributed by atoms with E-state index in [4.69, 9.17) is 4.74 Å². The molecular weight excluding hydrogens is 238 g/mol. The second kappa shape index (κ2) is 7.17. The van der Waals surface area contributed by atoms with Crippen LogP contribution in [0.3, 0.4) is 0 Å². The van der Waals surface area contributed by atoms with Gasteiger partial charge in [-0.2, -0.15) is 0 Å². The lowest BCUT2D eigenvalue weighted by Gasteiger charge is -2.19. The average molecular weight is 263 g/mol. The van der Waals surface area contributed by atoms with Crippen LogP contribution in [0.2, 0.25) is 0 Å². The molecule has 1 amide bonds. The number of hydrogen-bond donors (Lipinski definition) is 1. The third-order valence-electron chi connectivity index (χ3n) is 3.17. The summed E-state index contributed by atoms with van der Waals surface area (Å²) < 4.78 is 5.86. The summed E-state index contributed by atoms with van der Waals surface area (Å²) in [5, 5.41) is 2.92. The van der Waals surface area contributed by atoms with Crippen molar-refractivity contribution in [2.75, 3.05) is 6.54 Å². The molecular formula is C16H25NO2. The van der Waals surface area contributed by atoms with Crippen LogP contribution >= 0.6 is 0 Å². The summed E-state index contributed by atoms with van der Waals surface area (Å²) in [4.78, 5) is 12.0. The van der Waals surface area contributed by atoms with Gasteiger partial charge in [0, 0.05) is 6.54 Å². The van der Waals surface area contributed by atoms with E-state index in [0.29, 0.717) is 18.9 Å². The number of benzene rings is 1. The molecule has 3 heteroatoms. The molecule has 0 spiro atoms. The van der Waals surface area contributed by atoms with Crippen LogP contribution in [0, 0.1) is 19.8 Å². The van der Waals surface area contributed by atoms with Crippen molar-refractivity contribution in [3.05, 3.63) is 29.3 Å². The lowest BCUT2D eigenvalue weighted by atomic mass is 10.1. The predicted molar refractivity (Wildman–Crippen MR) is 78.5 cm³/mol. The van der Waals surface area contributed by atoms with E-state index in [0.717, 1.165) is 11.3 Å². The number of ether oxygens (including phenoxy) is 1. The second-order valence-corrected chi connectivity index (χ2v) is 5.35. The topological polar surface area (TPSA) is 38.3 Å². The minimum absolute atomic E-state index is 0.0305. The molecule has 0 bridgehead atoms. The van der Waals surface area contributed by atoms with Crippen molar-refractivity contribution in [1.82, 2.24) is 5.32 Å². The smallest absolute Gasteiger partial charge is 0.261 e. The first-order valence-corrected chi connectivity index (χ1v) is 6.96. The van der Waals surface area contributed by atoms with Crippen LogP contribution in [0.15, 0.2) is 18.2 Å². The molecule has 0 fully saturated rings. The molecule has 1 rings (SSSR count). The van der Waals surface area contributed by atoms with Gasteiger partial charge in [0.05, 0.1) is 0 Å². The van der Waals surface area contributed by atoms with Gasteiger partial charge in [-0.15, -0.1) is 0 Å². The van der Waals surface area contributed by atoms with Crippen LogP contribution in [0.1, 0.15) is 38.3 Å². The highest BCUT2D eigenvalue weighted by molar-refractivity contribution is 5.81. The fourth-order valence-electron chi connectivity index (χ4n) is 1.75. The molecule has 0 aromatic heterocycles. The number of carbonyl (C=O) groups is 1. The van der Waals surface area contributed by atoms with Gasteiger partial charge in [-0.3, -0.25) is 4.79 Å². The van der Waals surface area contributed by atoms with Gasteiger partial charge in [0.1, 0.15) is 5.75 Å². The number of carbonyl (C=O) groups excluding carboxylic acids is 1. The first-order valence-electron chi connectivity index (χ1n) is 6.96. The van der Waals surface area contributed by atoms with Crippen molar-refractivity contribution in [1.29, 1.82) is 0 Å². The number of hydrogen-bond acceptors (Lipinski definition) is 2. The van der Waals surface area contributed by atoms with Crippen LogP contribution in [-0.4, -0.2) is 18.6 Å². The molecule has 0 heterocycles. The number of aryl methyl sites for hydroxylation is 1. The number of rotatable bonds is 6. The summed E-state index contributed by atoms with van der Waals surface area (Å²) in [6.45, 7) is 10.9. The molecule has 0 aliphatic carbocycles. The Labute approximate surface area is 116 Å². The van der Waals surface area contributed by atoms with E-state index in [1.807, 2.05) is 39.0 Å². The fourth-order valence-corrected chi connectivity index (χ4v) is 1.75. The molecule has 0 aliphatic rings. The Kier molecular flexibility index (Phi) is 5.87. The van der Waals surface area contributed by atoms with Crippen LogP contribution in [0.5, 0.6) is 5.75 Å². The molecule has 1 atom stereocenters. The molecule has 0 saturated heterocycles. The van der Waals surface area contributed by atoms with Gasteiger partial charge < -0.3 is 10.1 Å². The van der Waals surface area contributed by atoms with Crippen molar-refractivity contribution < 1.29 is 9.53 Å². The van der Waals surface area contributed by atoms with Gasteiger partial charge in [-0.05, 0) is 43.4 Å². The van der Waals surface area contributed by atoms with Gasteiger partial charge in [0.2, 0.25) is 0 Å². The Morgan fingerprint density at radius 3 is 2.58 bits per heavy atom. The Morgan fingerprint density at radius 2 is 2.00 bits per heavy atom. The predicted octanol–water partition coefficient (Wildman–Crippen LogP) is 3.23. The Balaban J connectivity index is 2.71. The Morgan fingerprint density at radius 1 is 1.32 bits per heavy atom. The van der Waals surface area contributed by atoms with Gasteiger partial charge in [-0.25, -0.2) is 0 Å². The SMILES string of the molecule is CCC(Oc1cccc(C)c1C)C(=O)NCC(C)C. The normalized spacial score (nSPS) is 12.3. The summed E-state index contributed by atoms with van der Waals surface area (Å²) in [5.41, 5.74) is 2.27. The first kappa shape index (κ1) is 15.5. The van der Waals surface area contributed by atoms with Crippen LogP contribution in [0.25, 0.3) is 0 Å². The minimum Gasteiger partial charge on any atom is -0.480 e. The molecule has 1 aromatic rings. The van der Waals surface area contributed by atoms with Gasteiger partial charge >= 0.3 is 0 Å². The van der Waals surface area contributed by atoms with E-state index in [9.17, 15) is 4.79 Å². The maximum absolute atomic E-state index is 12.0. The lowest BCUT2D eigenvalue weighted by Crippen LogP contribution is -2.39. The van der Waals surface area contributed by atoms with Gasteiger partial charge in [0.25, 0.3) is 5.91 Å². The summed E-state index contributed by atoms with van der Waals surface area (Å²) in [6, 6.07) is 5.92. The molecule has 1 N–H and O–H groups in total. The standard InChI is InChI=1S/C16H25NO2/c1-6-14(16(18)17-10-11(2)3)19-15-9-7-8-12(4)13(15)5/h7-9,11,14H,6,10H2,1-5H3,(H,17,18). The summed E-state index contributed by atoms with van der Waals surface area (Å²) in [5.74, 6) is 1.21.